The van der Waals surface area contributed by atoms with E-state index in [1.165, 1.54) is 54.3 Å². The molecule has 12 rings (SSSR count). The number of rotatable bonds is 5. The monoisotopic (exact) mass is 739 g/mol. The molecule has 3 aromatic heterocycles. The lowest BCUT2D eigenvalue weighted by Crippen LogP contribution is -2.06. The lowest BCUT2D eigenvalue weighted by atomic mass is 9.95. The zero-order valence-corrected chi connectivity index (χ0v) is 31.3. The van der Waals surface area contributed by atoms with E-state index in [1.807, 2.05) is 36.4 Å². The molecule has 12 aromatic rings. The molecule has 0 spiro atoms. The summed E-state index contributed by atoms with van der Waals surface area (Å²) in [5.74, 6) is 1.84. The van der Waals surface area contributed by atoms with Crippen LogP contribution in [0.5, 0.6) is 0 Å². The van der Waals surface area contributed by atoms with Crippen LogP contribution in [0.1, 0.15) is 0 Å². The zero-order valence-electron chi connectivity index (χ0n) is 31.3. The predicted molar refractivity (Wildman–Crippen MR) is 240 cm³/mol. The minimum atomic E-state index is 0.578. The molecule has 0 radical (unpaired) electrons. The van der Waals surface area contributed by atoms with Crippen molar-refractivity contribution in [3.8, 4) is 45.5 Å². The molecular weight excluding hydrogens is 707 g/mol. The molecule has 0 atom stereocenters. The van der Waals surface area contributed by atoms with Gasteiger partial charge in [0.05, 0.1) is 22.1 Å². The topological polar surface area (TPSA) is 48.5 Å². The standard InChI is InChI=1S/C53H33N5/c1-4-16-34(17-5-1)35-28-30-38(31-29-35)57-46-33-32-45-47(49(46)48-41-24-12-10-22-39(41)40-23-11-13-25-42(40)50(48)57)43-26-14-15-27-44(43)58(45)53-55-51(36-18-6-2-7-19-36)54-52(56-53)37-20-8-3-9-21-37/h1-33H. The second-order valence-corrected chi connectivity index (χ2v) is 14.8. The molecule has 270 valence electrons. The van der Waals surface area contributed by atoms with E-state index in [1.54, 1.807) is 0 Å². The van der Waals surface area contributed by atoms with Crippen LogP contribution in [0.15, 0.2) is 200 Å². The predicted octanol–water partition coefficient (Wildman–Crippen LogP) is 13.4. The van der Waals surface area contributed by atoms with Crippen molar-refractivity contribution in [2.24, 2.45) is 0 Å². The van der Waals surface area contributed by atoms with Crippen molar-refractivity contribution >= 4 is 65.2 Å². The highest BCUT2D eigenvalue weighted by Crippen LogP contribution is 2.47. The Balaban J connectivity index is 1.23. The molecule has 0 unspecified atom stereocenters. The minimum Gasteiger partial charge on any atom is -0.309 e. The van der Waals surface area contributed by atoms with Crippen molar-refractivity contribution < 1.29 is 0 Å². The van der Waals surface area contributed by atoms with Crippen molar-refractivity contribution in [1.29, 1.82) is 0 Å². The first kappa shape index (κ1) is 32.4. The maximum absolute atomic E-state index is 5.23. The van der Waals surface area contributed by atoms with Crippen molar-refractivity contribution in [1.82, 2.24) is 24.1 Å². The third-order valence-corrected chi connectivity index (χ3v) is 11.6. The molecule has 0 aliphatic heterocycles. The maximum atomic E-state index is 5.23. The van der Waals surface area contributed by atoms with Gasteiger partial charge in [0.25, 0.3) is 0 Å². The van der Waals surface area contributed by atoms with Gasteiger partial charge in [0.2, 0.25) is 5.95 Å². The summed E-state index contributed by atoms with van der Waals surface area (Å²) in [5, 5.41) is 9.66. The SMILES string of the molecule is c1ccc(-c2ccc(-n3c4ccc5c(c6ccccc6n5-c5nc(-c6ccccc6)nc(-c6ccccc6)n5)c4c4c5ccccc5c5ccccc5c43)cc2)cc1. The van der Waals surface area contributed by atoms with Crippen LogP contribution >= 0.6 is 0 Å². The fourth-order valence-corrected chi connectivity index (χ4v) is 9.03. The summed E-state index contributed by atoms with van der Waals surface area (Å²) >= 11 is 0. The van der Waals surface area contributed by atoms with Crippen LogP contribution in [0.4, 0.5) is 0 Å². The summed E-state index contributed by atoms with van der Waals surface area (Å²) in [6, 6.07) is 70.9. The molecule has 0 N–H and O–H groups in total. The number of para-hydroxylation sites is 1. The molecule has 0 bridgehead atoms. The Bertz CT molecular complexity index is 3470. The lowest BCUT2D eigenvalue weighted by Gasteiger charge is -2.13. The number of aromatic nitrogens is 5. The van der Waals surface area contributed by atoms with Crippen molar-refractivity contribution in [3.63, 3.8) is 0 Å². The largest absolute Gasteiger partial charge is 0.309 e. The van der Waals surface area contributed by atoms with E-state index in [0.29, 0.717) is 17.6 Å². The summed E-state index contributed by atoms with van der Waals surface area (Å²) in [6.07, 6.45) is 0. The number of hydrogen-bond acceptors (Lipinski definition) is 3. The Morgan fingerprint density at radius 2 is 0.741 bits per heavy atom. The molecule has 5 nitrogen and oxygen atoms in total. The van der Waals surface area contributed by atoms with E-state index in [0.717, 1.165) is 38.8 Å². The van der Waals surface area contributed by atoms with E-state index >= 15 is 0 Å². The number of nitrogens with zero attached hydrogens (tertiary/aromatic N) is 5. The highest BCUT2D eigenvalue weighted by molar-refractivity contribution is 6.38. The Labute approximate surface area is 333 Å². The molecule has 5 heteroatoms. The Hall–Kier alpha value is -7.89. The average molecular weight is 740 g/mol. The molecule has 3 heterocycles. The van der Waals surface area contributed by atoms with Crippen molar-refractivity contribution in [2.45, 2.75) is 0 Å². The van der Waals surface area contributed by atoms with Gasteiger partial charge in [0, 0.05) is 43.7 Å². The Morgan fingerprint density at radius 3 is 1.36 bits per heavy atom. The van der Waals surface area contributed by atoms with Crippen LogP contribution in [0.25, 0.3) is 111 Å². The second kappa shape index (κ2) is 12.8. The molecular formula is C53H33N5. The maximum Gasteiger partial charge on any atom is 0.238 e. The number of benzene rings is 9. The summed E-state index contributed by atoms with van der Waals surface area (Å²) in [4.78, 5) is 15.5. The third-order valence-electron chi connectivity index (χ3n) is 11.6. The number of fused-ring (bicyclic) bond motifs is 12. The highest BCUT2D eigenvalue weighted by Gasteiger charge is 2.25. The van der Waals surface area contributed by atoms with Gasteiger partial charge in [-0.1, -0.05) is 170 Å². The van der Waals surface area contributed by atoms with Gasteiger partial charge in [0.1, 0.15) is 0 Å². The van der Waals surface area contributed by atoms with Crippen LogP contribution in [-0.4, -0.2) is 24.1 Å². The molecule has 9 aromatic carbocycles. The van der Waals surface area contributed by atoms with Gasteiger partial charge in [-0.15, -0.1) is 0 Å². The first-order chi connectivity index (χ1) is 28.8. The lowest BCUT2D eigenvalue weighted by molar-refractivity contribution is 0.953. The molecule has 0 aliphatic carbocycles. The smallest absolute Gasteiger partial charge is 0.238 e. The van der Waals surface area contributed by atoms with Crippen LogP contribution in [0, 0.1) is 0 Å². The van der Waals surface area contributed by atoms with Crippen LogP contribution in [0.2, 0.25) is 0 Å². The minimum absolute atomic E-state index is 0.578. The molecule has 0 aliphatic rings. The fourth-order valence-electron chi connectivity index (χ4n) is 9.03. The first-order valence-corrected chi connectivity index (χ1v) is 19.6. The van der Waals surface area contributed by atoms with Gasteiger partial charge < -0.3 is 4.57 Å². The van der Waals surface area contributed by atoms with Gasteiger partial charge in [-0.2, -0.15) is 9.97 Å². The van der Waals surface area contributed by atoms with Gasteiger partial charge in [-0.05, 0) is 57.6 Å². The van der Waals surface area contributed by atoms with E-state index in [2.05, 4.69) is 173 Å². The first-order valence-electron chi connectivity index (χ1n) is 19.6. The van der Waals surface area contributed by atoms with E-state index < -0.39 is 0 Å². The fraction of sp³-hybridized carbons (Fsp3) is 0. The second-order valence-electron chi connectivity index (χ2n) is 14.8. The molecule has 0 fully saturated rings. The van der Waals surface area contributed by atoms with E-state index in [-0.39, 0.29) is 0 Å². The van der Waals surface area contributed by atoms with Crippen LogP contribution in [-0.2, 0) is 0 Å². The highest BCUT2D eigenvalue weighted by atomic mass is 15.2. The summed E-state index contributed by atoms with van der Waals surface area (Å²) < 4.78 is 4.70. The zero-order chi connectivity index (χ0) is 38.2. The van der Waals surface area contributed by atoms with Crippen LogP contribution < -0.4 is 0 Å². The normalized spacial score (nSPS) is 11.8. The van der Waals surface area contributed by atoms with Crippen molar-refractivity contribution in [2.75, 3.05) is 0 Å². The molecule has 58 heavy (non-hydrogen) atoms. The van der Waals surface area contributed by atoms with Gasteiger partial charge >= 0.3 is 0 Å². The molecule has 0 amide bonds. The summed E-state index contributed by atoms with van der Waals surface area (Å²) in [6.45, 7) is 0. The third kappa shape index (κ3) is 4.87. The summed E-state index contributed by atoms with van der Waals surface area (Å²) in [5.41, 5.74) is 9.78. The summed E-state index contributed by atoms with van der Waals surface area (Å²) in [7, 11) is 0. The Morgan fingerprint density at radius 1 is 0.276 bits per heavy atom. The Kier molecular flexibility index (Phi) is 7.16. The van der Waals surface area contributed by atoms with Crippen molar-refractivity contribution in [3.05, 3.63) is 200 Å². The van der Waals surface area contributed by atoms with E-state index in [4.69, 9.17) is 15.0 Å². The molecule has 0 saturated heterocycles. The number of hydrogen-bond donors (Lipinski definition) is 0. The molecule has 0 saturated carbocycles. The van der Waals surface area contributed by atoms with E-state index in [9.17, 15) is 0 Å². The van der Waals surface area contributed by atoms with Crippen LogP contribution in [0.3, 0.4) is 0 Å². The average Bonchev–Trinajstić information content (AvgIpc) is 3.84. The van der Waals surface area contributed by atoms with Gasteiger partial charge in [0.15, 0.2) is 11.6 Å². The van der Waals surface area contributed by atoms with Gasteiger partial charge in [-0.25, -0.2) is 4.98 Å². The van der Waals surface area contributed by atoms with Gasteiger partial charge in [-0.3, -0.25) is 4.57 Å². The quantitative estimate of drug-likeness (QED) is 0.165.